The van der Waals surface area contributed by atoms with E-state index in [4.69, 9.17) is 0 Å². The number of amides is 1. The lowest BCUT2D eigenvalue weighted by molar-refractivity contribution is 0.0940. The summed E-state index contributed by atoms with van der Waals surface area (Å²) < 4.78 is 13.1. The summed E-state index contributed by atoms with van der Waals surface area (Å²) in [7, 11) is 0. The Kier molecular flexibility index (Phi) is 4.62. The highest BCUT2D eigenvalue weighted by molar-refractivity contribution is 5.94. The van der Waals surface area contributed by atoms with E-state index in [0.29, 0.717) is 12.1 Å². The Morgan fingerprint density at radius 3 is 2.81 bits per heavy atom. The summed E-state index contributed by atoms with van der Waals surface area (Å²) >= 11 is 0. The number of aromatic nitrogens is 2. The van der Waals surface area contributed by atoms with E-state index in [1.807, 2.05) is 37.3 Å². The Labute approximate surface area is 157 Å². The molecule has 0 saturated carbocycles. The molecule has 0 radical (unpaired) electrons. The molecule has 0 aliphatic carbocycles. The third-order valence-electron chi connectivity index (χ3n) is 4.85. The summed E-state index contributed by atoms with van der Waals surface area (Å²) in [6.07, 6.45) is 0.871. The zero-order chi connectivity index (χ0) is 18.8. The molecule has 1 aliphatic heterocycles. The minimum absolute atomic E-state index is 0.0421. The van der Waals surface area contributed by atoms with E-state index >= 15 is 0 Å². The molecular formula is C21H21FN4O. The lowest BCUT2D eigenvalue weighted by Gasteiger charge is -2.16. The van der Waals surface area contributed by atoms with Gasteiger partial charge in [0.25, 0.3) is 5.91 Å². The van der Waals surface area contributed by atoms with Crippen LogP contribution >= 0.6 is 0 Å². The summed E-state index contributed by atoms with van der Waals surface area (Å²) in [4.78, 5) is 14.6. The standard InChI is InChI=1S/C21H21FN4O/c1-14-3-2-4-16(11-14)21(27)23-18-9-10-26(13-18)20-12-19(24-25-20)15-5-7-17(22)8-6-15/h2-8,11-12,18H,9-10,13H2,1H3,(H,23,27)(H,24,25)/t18-/m0/s1. The first-order valence-corrected chi connectivity index (χ1v) is 9.02. The molecule has 1 atom stereocenters. The van der Waals surface area contributed by atoms with Crippen molar-refractivity contribution in [2.24, 2.45) is 0 Å². The molecule has 1 fully saturated rings. The lowest BCUT2D eigenvalue weighted by atomic mass is 10.1. The van der Waals surface area contributed by atoms with Crippen LogP contribution in [0.25, 0.3) is 11.3 Å². The number of nitrogens with zero attached hydrogens (tertiary/aromatic N) is 2. The molecule has 2 N–H and O–H groups in total. The van der Waals surface area contributed by atoms with Crippen LogP contribution in [0.2, 0.25) is 0 Å². The molecule has 1 amide bonds. The molecule has 1 aliphatic rings. The zero-order valence-corrected chi connectivity index (χ0v) is 15.1. The molecule has 1 aromatic heterocycles. The highest BCUT2D eigenvalue weighted by Gasteiger charge is 2.26. The first-order valence-electron chi connectivity index (χ1n) is 9.02. The Morgan fingerprint density at radius 1 is 1.22 bits per heavy atom. The monoisotopic (exact) mass is 364 g/mol. The van der Waals surface area contributed by atoms with Crippen molar-refractivity contribution < 1.29 is 9.18 Å². The van der Waals surface area contributed by atoms with Gasteiger partial charge < -0.3 is 10.2 Å². The number of rotatable bonds is 4. The second kappa shape index (κ2) is 7.23. The van der Waals surface area contributed by atoms with Crippen molar-refractivity contribution in [1.82, 2.24) is 15.5 Å². The Morgan fingerprint density at radius 2 is 2.04 bits per heavy atom. The molecular weight excluding hydrogens is 343 g/mol. The molecule has 1 saturated heterocycles. The summed E-state index contributed by atoms with van der Waals surface area (Å²) in [5.41, 5.74) is 3.49. The molecule has 5 nitrogen and oxygen atoms in total. The quantitative estimate of drug-likeness (QED) is 0.744. The number of hydrogen-bond donors (Lipinski definition) is 2. The van der Waals surface area contributed by atoms with Gasteiger partial charge in [-0.1, -0.05) is 17.7 Å². The van der Waals surface area contributed by atoms with Crippen molar-refractivity contribution in [3.05, 3.63) is 71.5 Å². The Hall–Kier alpha value is -3.15. The molecule has 0 spiro atoms. The summed E-state index contributed by atoms with van der Waals surface area (Å²) in [5, 5.41) is 10.5. The summed E-state index contributed by atoms with van der Waals surface area (Å²) in [6.45, 7) is 3.52. The van der Waals surface area contributed by atoms with Crippen LogP contribution in [0.5, 0.6) is 0 Å². The number of carbonyl (C=O) groups is 1. The van der Waals surface area contributed by atoms with Crippen LogP contribution in [-0.4, -0.2) is 35.2 Å². The van der Waals surface area contributed by atoms with E-state index in [1.165, 1.54) is 12.1 Å². The van der Waals surface area contributed by atoms with Gasteiger partial charge in [0.15, 0.2) is 5.82 Å². The van der Waals surface area contributed by atoms with E-state index in [-0.39, 0.29) is 17.8 Å². The van der Waals surface area contributed by atoms with Gasteiger partial charge in [-0.2, -0.15) is 5.10 Å². The number of benzene rings is 2. The Balaban J connectivity index is 1.40. The van der Waals surface area contributed by atoms with Crippen molar-refractivity contribution in [1.29, 1.82) is 0 Å². The third kappa shape index (κ3) is 3.84. The molecule has 3 aromatic rings. The maximum atomic E-state index is 13.1. The highest BCUT2D eigenvalue weighted by atomic mass is 19.1. The van der Waals surface area contributed by atoms with Gasteiger partial charge in [0.1, 0.15) is 5.82 Å². The van der Waals surface area contributed by atoms with Gasteiger partial charge >= 0.3 is 0 Å². The molecule has 2 heterocycles. The SMILES string of the molecule is Cc1cccc(C(=O)N[C@H]2CCN(c3cc(-c4ccc(F)cc4)[nH]n3)C2)c1. The summed E-state index contributed by atoms with van der Waals surface area (Å²) in [6, 6.07) is 16.0. The molecule has 0 unspecified atom stereocenters. The number of hydrogen-bond acceptors (Lipinski definition) is 3. The van der Waals surface area contributed by atoms with Gasteiger partial charge in [-0.3, -0.25) is 9.89 Å². The van der Waals surface area contributed by atoms with E-state index in [9.17, 15) is 9.18 Å². The van der Waals surface area contributed by atoms with Gasteiger partial charge in [-0.25, -0.2) is 4.39 Å². The highest BCUT2D eigenvalue weighted by Crippen LogP contribution is 2.24. The molecule has 138 valence electrons. The first-order chi connectivity index (χ1) is 13.1. The van der Waals surface area contributed by atoms with E-state index < -0.39 is 0 Å². The van der Waals surface area contributed by atoms with Crippen LogP contribution in [0.1, 0.15) is 22.3 Å². The normalized spacial score (nSPS) is 16.5. The van der Waals surface area contributed by atoms with Gasteiger partial charge in [0.2, 0.25) is 0 Å². The van der Waals surface area contributed by atoms with E-state index in [0.717, 1.165) is 35.6 Å². The fraction of sp³-hybridized carbons (Fsp3) is 0.238. The van der Waals surface area contributed by atoms with Crippen LogP contribution in [0, 0.1) is 12.7 Å². The second-order valence-electron chi connectivity index (χ2n) is 6.92. The maximum Gasteiger partial charge on any atom is 0.251 e. The molecule has 4 rings (SSSR count). The molecule has 0 bridgehead atoms. The van der Waals surface area contributed by atoms with Crippen molar-refractivity contribution in [2.75, 3.05) is 18.0 Å². The van der Waals surface area contributed by atoms with E-state index in [2.05, 4.69) is 20.4 Å². The van der Waals surface area contributed by atoms with Crippen LogP contribution in [0.3, 0.4) is 0 Å². The summed E-state index contributed by atoms with van der Waals surface area (Å²) in [5.74, 6) is 0.534. The number of aromatic amines is 1. The van der Waals surface area contributed by atoms with Crippen molar-refractivity contribution >= 4 is 11.7 Å². The average molecular weight is 364 g/mol. The number of nitrogens with one attached hydrogen (secondary N) is 2. The number of halogens is 1. The van der Waals surface area contributed by atoms with E-state index in [1.54, 1.807) is 12.1 Å². The van der Waals surface area contributed by atoms with Gasteiger partial charge in [-0.15, -0.1) is 0 Å². The smallest absolute Gasteiger partial charge is 0.251 e. The van der Waals surface area contributed by atoms with Gasteiger partial charge in [0, 0.05) is 30.8 Å². The topological polar surface area (TPSA) is 61.0 Å². The molecule has 2 aromatic carbocycles. The number of carbonyl (C=O) groups excluding carboxylic acids is 1. The minimum Gasteiger partial charge on any atom is -0.353 e. The van der Waals surface area contributed by atoms with Crippen LogP contribution < -0.4 is 10.2 Å². The van der Waals surface area contributed by atoms with Gasteiger partial charge in [0.05, 0.1) is 5.69 Å². The first kappa shape index (κ1) is 17.3. The lowest BCUT2D eigenvalue weighted by Crippen LogP contribution is -2.37. The van der Waals surface area contributed by atoms with Crippen molar-refractivity contribution in [3.8, 4) is 11.3 Å². The number of anilines is 1. The fourth-order valence-corrected chi connectivity index (χ4v) is 3.39. The largest absolute Gasteiger partial charge is 0.353 e. The fourth-order valence-electron chi connectivity index (χ4n) is 3.39. The minimum atomic E-state index is -0.259. The Bertz CT molecular complexity index is 951. The van der Waals surface area contributed by atoms with Crippen molar-refractivity contribution in [2.45, 2.75) is 19.4 Å². The van der Waals surface area contributed by atoms with Gasteiger partial charge in [-0.05, 0) is 55.3 Å². The predicted octanol–water partition coefficient (Wildman–Crippen LogP) is 3.53. The van der Waals surface area contributed by atoms with Crippen LogP contribution in [0.4, 0.5) is 10.2 Å². The number of aryl methyl sites for hydroxylation is 1. The molecule has 27 heavy (non-hydrogen) atoms. The van der Waals surface area contributed by atoms with Crippen LogP contribution in [-0.2, 0) is 0 Å². The second-order valence-corrected chi connectivity index (χ2v) is 6.92. The zero-order valence-electron chi connectivity index (χ0n) is 15.1. The predicted molar refractivity (Wildman–Crippen MR) is 103 cm³/mol. The molecule has 6 heteroatoms. The number of H-pyrrole nitrogens is 1. The van der Waals surface area contributed by atoms with Crippen LogP contribution in [0.15, 0.2) is 54.6 Å². The van der Waals surface area contributed by atoms with Crippen molar-refractivity contribution in [3.63, 3.8) is 0 Å². The maximum absolute atomic E-state index is 13.1. The average Bonchev–Trinajstić information content (AvgIpc) is 3.32. The third-order valence-corrected chi connectivity index (χ3v) is 4.85.